The van der Waals surface area contributed by atoms with Crippen molar-refractivity contribution in [2.45, 2.75) is 51.2 Å². The van der Waals surface area contributed by atoms with Crippen molar-refractivity contribution in [2.75, 3.05) is 13.1 Å². The molecule has 0 aromatic rings. The Bertz CT molecular complexity index is 341. The highest BCUT2D eigenvalue weighted by atomic mass is 19.4. The molecule has 0 aromatic carbocycles. The van der Waals surface area contributed by atoms with Gasteiger partial charge in [0.1, 0.15) is 0 Å². The standard InChI is InChI=1S/C14H23F3N2O/c1-9-6-10(8-12(18)7-9)13(20)19-4-2-11(3-5-19)14(15,16)17/h9-12H,2-8,18H2,1H3. The summed E-state index contributed by atoms with van der Waals surface area (Å²) in [6, 6.07) is 0.0421. The first-order chi connectivity index (χ1) is 9.27. The van der Waals surface area contributed by atoms with Crippen molar-refractivity contribution in [3.8, 4) is 0 Å². The highest BCUT2D eigenvalue weighted by molar-refractivity contribution is 5.79. The van der Waals surface area contributed by atoms with Crippen LogP contribution in [-0.2, 0) is 4.79 Å². The number of alkyl halides is 3. The van der Waals surface area contributed by atoms with Crippen molar-refractivity contribution < 1.29 is 18.0 Å². The Kier molecular flexibility index (Phi) is 4.62. The summed E-state index contributed by atoms with van der Waals surface area (Å²) in [5, 5.41) is 0. The molecule has 1 aliphatic heterocycles. The predicted molar refractivity (Wildman–Crippen MR) is 69.8 cm³/mol. The van der Waals surface area contributed by atoms with E-state index in [4.69, 9.17) is 5.73 Å². The third-order valence-electron chi connectivity index (χ3n) is 4.60. The zero-order valence-electron chi connectivity index (χ0n) is 11.8. The SMILES string of the molecule is CC1CC(N)CC(C(=O)N2CCC(C(F)(F)F)CC2)C1. The minimum absolute atomic E-state index is 0.00706. The third kappa shape index (κ3) is 3.65. The molecule has 1 aliphatic carbocycles. The molecule has 3 unspecified atom stereocenters. The van der Waals surface area contributed by atoms with E-state index in [-0.39, 0.29) is 43.8 Å². The molecule has 2 fully saturated rings. The number of carbonyl (C=O) groups excluding carboxylic acids is 1. The lowest BCUT2D eigenvalue weighted by atomic mass is 9.79. The highest BCUT2D eigenvalue weighted by Gasteiger charge is 2.42. The first kappa shape index (κ1) is 15.6. The van der Waals surface area contributed by atoms with Gasteiger partial charge in [0, 0.05) is 25.0 Å². The lowest BCUT2D eigenvalue weighted by Gasteiger charge is -2.37. The van der Waals surface area contributed by atoms with Crippen LogP contribution in [0.25, 0.3) is 0 Å². The largest absolute Gasteiger partial charge is 0.391 e. The maximum atomic E-state index is 12.6. The van der Waals surface area contributed by atoms with Crippen molar-refractivity contribution in [1.82, 2.24) is 4.90 Å². The van der Waals surface area contributed by atoms with Crippen molar-refractivity contribution in [2.24, 2.45) is 23.5 Å². The van der Waals surface area contributed by atoms with Gasteiger partial charge in [0.25, 0.3) is 0 Å². The molecule has 1 heterocycles. The van der Waals surface area contributed by atoms with Crippen LogP contribution in [0.5, 0.6) is 0 Å². The van der Waals surface area contributed by atoms with E-state index in [0.717, 1.165) is 12.8 Å². The molecule has 2 rings (SSSR count). The zero-order chi connectivity index (χ0) is 14.9. The maximum absolute atomic E-state index is 12.6. The summed E-state index contributed by atoms with van der Waals surface area (Å²) in [7, 11) is 0. The zero-order valence-corrected chi connectivity index (χ0v) is 11.8. The number of amides is 1. The average Bonchev–Trinajstić information content (AvgIpc) is 2.36. The monoisotopic (exact) mass is 292 g/mol. The van der Waals surface area contributed by atoms with Crippen LogP contribution in [0.4, 0.5) is 13.2 Å². The minimum Gasteiger partial charge on any atom is -0.342 e. The summed E-state index contributed by atoms with van der Waals surface area (Å²) in [6.07, 6.45) is -1.65. The Labute approximate surface area is 117 Å². The normalized spacial score (nSPS) is 33.2. The van der Waals surface area contributed by atoms with Crippen molar-refractivity contribution in [3.05, 3.63) is 0 Å². The molecule has 1 saturated heterocycles. The first-order valence-corrected chi connectivity index (χ1v) is 7.38. The number of halogens is 3. The molecule has 0 aromatic heterocycles. The maximum Gasteiger partial charge on any atom is 0.391 e. The Balaban J connectivity index is 1.88. The molecule has 0 spiro atoms. The van der Waals surface area contributed by atoms with E-state index in [9.17, 15) is 18.0 Å². The molecule has 1 amide bonds. The van der Waals surface area contributed by atoms with Crippen molar-refractivity contribution >= 4 is 5.91 Å². The van der Waals surface area contributed by atoms with Gasteiger partial charge < -0.3 is 10.6 Å². The number of nitrogens with zero attached hydrogens (tertiary/aromatic N) is 1. The lowest BCUT2D eigenvalue weighted by Crippen LogP contribution is -2.47. The van der Waals surface area contributed by atoms with E-state index in [1.807, 2.05) is 0 Å². The van der Waals surface area contributed by atoms with Crippen LogP contribution in [0.2, 0.25) is 0 Å². The van der Waals surface area contributed by atoms with Crippen LogP contribution in [-0.4, -0.2) is 36.1 Å². The quantitative estimate of drug-likeness (QED) is 0.807. The van der Waals surface area contributed by atoms with Gasteiger partial charge in [0.05, 0.1) is 5.92 Å². The van der Waals surface area contributed by atoms with Crippen LogP contribution >= 0.6 is 0 Å². The summed E-state index contributed by atoms with van der Waals surface area (Å²) in [5.74, 6) is -0.927. The topological polar surface area (TPSA) is 46.3 Å². The van der Waals surface area contributed by atoms with Crippen molar-refractivity contribution in [3.63, 3.8) is 0 Å². The summed E-state index contributed by atoms with van der Waals surface area (Å²) in [6.45, 7) is 2.53. The number of rotatable bonds is 1. The summed E-state index contributed by atoms with van der Waals surface area (Å²) >= 11 is 0. The van der Waals surface area contributed by atoms with E-state index in [0.29, 0.717) is 12.3 Å². The van der Waals surface area contributed by atoms with Gasteiger partial charge in [-0.05, 0) is 38.0 Å². The molecule has 0 bridgehead atoms. The van der Waals surface area contributed by atoms with E-state index in [2.05, 4.69) is 6.92 Å². The fraction of sp³-hybridized carbons (Fsp3) is 0.929. The summed E-state index contributed by atoms with van der Waals surface area (Å²) < 4.78 is 37.8. The lowest BCUT2D eigenvalue weighted by molar-refractivity contribution is -0.187. The number of carbonyl (C=O) groups is 1. The third-order valence-corrected chi connectivity index (χ3v) is 4.60. The predicted octanol–water partition coefficient (Wildman–Crippen LogP) is 2.55. The molecule has 3 atom stereocenters. The van der Waals surface area contributed by atoms with Crippen LogP contribution < -0.4 is 5.73 Å². The summed E-state index contributed by atoms with van der Waals surface area (Å²) in [4.78, 5) is 14.0. The molecule has 3 nitrogen and oxygen atoms in total. The molecule has 2 aliphatic rings. The second kappa shape index (κ2) is 5.92. The molecule has 6 heteroatoms. The number of piperidine rings is 1. The Morgan fingerprint density at radius 1 is 1.15 bits per heavy atom. The Hall–Kier alpha value is -0.780. The minimum atomic E-state index is -4.13. The fourth-order valence-corrected chi connectivity index (χ4v) is 3.54. The van der Waals surface area contributed by atoms with Gasteiger partial charge in [0.15, 0.2) is 0 Å². The van der Waals surface area contributed by atoms with E-state index >= 15 is 0 Å². The number of hydrogen-bond acceptors (Lipinski definition) is 2. The van der Waals surface area contributed by atoms with Gasteiger partial charge in [-0.2, -0.15) is 13.2 Å². The molecule has 1 saturated carbocycles. The Morgan fingerprint density at radius 2 is 1.75 bits per heavy atom. The fourth-order valence-electron chi connectivity index (χ4n) is 3.54. The van der Waals surface area contributed by atoms with E-state index in [1.54, 1.807) is 4.90 Å². The molecule has 116 valence electrons. The second-order valence-corrected chi connectivity index (χ2v) is 6.41. The second-order valence-electron chi connectivity index (χ2n) is 6.41. The van der Waals surface area contributed by atoms with Gasteiger partial charge in [-0.3, -0.25) is 4.79 Å². The van der Waals surface area contributed by atoms with Gasteiger partial charge in [-0.15, -0.1) is 0 Å². The van der Waals surface area contributed by atoms with Gasteiger partial charge >= 0.3 is 6.18 Å². The van der Waals surface area contributed by atoms with Gasteiger partial charge in [-0.25, -0.2) is 0 Å². The number of nitrogens with two attached hydrogens (primary N) is 1. The highest BCUT2D eigenvalue weighted by Crippen LogP contribution is 2.35. The first-order valence-electron chi connectivity index (χ1n) is 7.38. The van der Waals surface area contributed by atoms with Gasteiger partial charge in [0.2, 0.25) is 5.91 Å². The number of hydrogen-bond donors (Lipinski definition) is 1. The van der Waals surface area contributed by atoms with Crippen molar-refractivity contribution in [1.29, 1.82) is 0 Å². The molecular weight excluding hydrogens is 269 g/mol. The van der Waals surface area contributed by atoms with Gasteiger partial charge in [-0.1, -0.05) is 6.92 Å². The molecular formula is C14H23F3N2O. The summed E-state index contributed by atoms with van der Waals surface area (Å²) in [5.41, 5.74) is 5.94. The van der Waals surface area contributed by atoms with Crippen LogP contribution in [0.3, 0.4) is 0 Å². The van der Waals surface area contributed by atoms with E-state index in [1.165, 1.54) is 0 Å². The molecule has 2 N–H and O–H groups in total. The molecule has 0 radical (unpaired) electrons. The van der Waals surface area contributed by atoms with E-state index < -0.39 is 12.1 Å². The Morgan fingerprint density at radius 3 is 2.25 bits per heavy atom. The van der Waals surface area contributed by atoms with Crippen LogP contribution in [0, 0.1) is 17.8 Å². The van der Waals surface area contributed by atoms with Crippen LogP contribution in [0.15, 0.2) is 0 Å². The average molecular weight is 292 g/mol. The van der Waals surface area contributed by atoms with Crippen LogP contribution in [0.1, 0.15) is 39.0 Å². The molecule has 20 heavy (non-hydrogen) atoms. The number of likely N-dealkylation sites (tertiary alicyclic amines) is 1. The smallest absolute Gasteiger partial charge is 0.342 e.